The molecule has 0 radical (unpaired) electrons. The number of aliphatic imine (C=N–C) groups is 1. The highest BCUT2D eigenvalue weighted by atomic mass is 127. The molecule has 176 valence electrons. The maximum Gasteiger partial charge on any atom is 0.215 e. The number of nitrogens with zero attached hydrogens (tertiary/aromatic N) is 1. The Morgan fingerprint density at radius 2 is 1.59 bits per heavy atom. The number of sulfonamides is 1. The quantitative estimate of drug-likeness (QED) is 0.243. The predicted octanol–water partition coefficient (Wildman–Crippen LogP) is 3.92. The van der Waals surface area contributed by atoms with Crippen LogP contribution in [0.5, 0.6) is 0 Å². The molecular weight excluding hydrogens is 535 g/mol. The summed E-state index contributed by atoms with van der Waals surface area (Å²) in [6.45, 7) is 4.26. The maximum absolute atomic E-state index is 11.7. The molecule has 0 atom stereocenters. The maximum atomic E-state index is 11.7. The van der Waals surface area contributed by atoms with Crippen molar-refractivity contribution in [1.82, 2.24) is 15.4 Å². The molecule has 0 aromatic heterocycles. The van der Waals surface area contributed by atoms with E-state index in [9.17, 15) is 8.42 Å². The first kappa shape index (κ1) is 26.6. The third kappa shape index (κ3) is 7.45. The van der Waals surface area contributed by atoms with E-state index in [-0.39, 0.29) is 35.1 Å². The summed E-state index contributed by atoms with van der Waals surface area (Å²) in [5.41, 5.74) is 3.38. The van der Waals surface area contributed by atoms with Gasteiger partial charge in [-0.2, -0.15) is 0 Å². The third-order valence-corrected chi connectivity index (χ3v) is 7.33. The van der Waals surface area contributed by atoms with Gasteiger partial charge in [0.15, 0.2) is 5.96 Å². The van der Waals surface area contributed by atoms with Crippen LogP contribution >= 0.6 is 24.0 Å². The minimum Gasteiger partial charge on any atom is -0.357 e. The lowest BCUT2D eigenvalue weighted by atomic mass is 9.79. The van der Waals surface area contributed by atoms with E-state index in [1.54, 1.807) is 0 Å². The van der Waals surface area contributed by atoms with Crippen LogP contribution in [0.4, 0.5) is 0 Å². The van der Waals surface area contributed by atoms with Crippen molar-refractivity contribution in [2.45, 2.75) is 50.3 Å². The van der Waals surface area contributed by atoms with Crippen LogP contribution in [0.1, 0.15) is 49.3 Å². The molecule has 0 unspecified atom stereocenters. The van der Waals surface area contributed by atoms with Crippen molar-refractivity contribution in [3.05, 3.63) is 71.3 Å². The molecule has 0 aliphatic heterocycles. The number of guanidine groups is 1. The zero-order valence-electron chi connectivity index (χ0n) is 18.9. The van der Waals surface area contributed by atoms with Gasteiger partial charge in [0.05, 0.1) is 12.3 Å². The van der Waals surface area contributed by atoms with Crippen LogP contribution in [0.2, 0.25) is 0 Å². The van der Waals surface area contributed by atoms with Gasteiger partial charge in [-0.1, -0.05) is 67.4 Å². The van der Waals surface area contributed by atoms with Gasteiger partial charge in [-0.25, -0.2) is 18.1 Å². The Morgan fingerprint density at radius 3 is 2.19 bits per heavy atom. The van der Waals surface area contributed by atoms with Crippen LogP contribution in [0.25, 0.3) is 0 Å². The van der Waals surface area contributed by atoms with Crippen LogP contribution in [0.3, 0.4) is 0 Å². The lowest BCUT2D eigenvalue weighted by Gasteiger charge is -2.30. The Balaban J connectivity index is 0.00000363. The van der Waals surface area contributed by atoms with Crippen molar-refractivity contribution < 1.29 is 8.42 Å². The summed E-state index contributed by atoms with van der Waals surface area (Å²) in [5.74, 6) is 0.797. The fourth-order valence-electron chi connectivity index (χ4n) is 4.21. The van der Waals surface area contributed by atoms with Gasteiger partial charge in [-0.15, -0.1) is 24.0 Å². The van der Waals surface area contributed by atoms with Crippen molar-refractivity contribution in [1.29, 1.82) is 0 Å². The van der Waals surface area contributed by atoms with Crippen molar-refractivity contribution >= 4 is 40.0 Å². The van der Waals surface area contributed by atoms with Crippen LogP contribution in [0, 0.1) is 0 Å². The monoisotopic (exact) mass is 570 g/mol. The first-order valence-electron chi connectivity index (χ1n) is 11.0. The number of benzene rings is 2. The molecule has 2 aromatic rings. The lowest BCUT2D eigenvalue weighted by Crippen LogP contribution is -2.44. The van der Waals surface area contributed by atoms with E-state index in [1.165, 1.54) is 38.3 Å². The molecule has 1 aliphatic rings. The normalized spacial score (nSPS) is 15.8. The standard InChI is InChI=1S/C24H34N4O2S.HI/c1-3-26-23(27-17-20-11-13-21(14-12-20)18-31(29,30)25-2)28-19-24(15-7-8-16-24)22-9-5-4-6-10-22;/h4-6,9-14,25H,3,7-8,15-19H2,1-2H3,(H2,26,27,28);1H. The second kappa shape index (κ2) is 12.6. The molecule has 3 N–H and O–H groups in total. The van der Waals surface area contributed by atoms with E-state index in [4.69, 9.17) is 4.99 Å². The Hall–Kier alpha value is -1.65. The molecule has 32 heavy (non-hydrogen) atoms. The molecule has 2 aromatic carbocycles. The van der Waals surface area contributed by atoms with Crippen molar-refractivity contribution in [2.75, 3.05) is 20.1 Å². The van der Waals surface area contributed by atoms with E-state index in [0.29, 0.717) is 6.54 Å². The summed E-state index contributed by atoms with van der Waals surface area (Å²) >= 11 is 0. The van der Waals surface area contributed by atoms with E-state index in [0.717, 1.165) is 30.2 Å². The largest absolute Gasteiger partial charge is 0.357 e. The topological polar surface area (TPSA) is 82.6 Å². The zero-order valence-corrected chi connectivity index (χ0v) is 22.1. The molecule has 0 saturated heterocycles. The molecule has 6 nitrogen and oxygen atoms in total. The van der Waals surface area contributed by atoms with Gasteiger partial charge in [0, 0.05) is 18.5 Å². The predicted molar refractivity (Wildman–Crippen MR) is 143 cm³/mol. The highest BCUT2D eigenvalue weighted by molar-refractivity contribution is 14.0. The van der Waals surface area contributed by atoms with Crippen LogP contribution < -0.4 is 15.4 Å². The molecule has 0 heterocycles. The minimum absolute atomic E-state index is 0. The van der Waals surface area contributed by atoms with Crippen molar-refractivity contribution in [3.8, 4) is 0 Å². The minimum atomic E-state index is -3.26. The Bertz CT molecular complexity index is 957. The van der Waals surface area contributed by atoms with Gasteiger partial charge in [-0.05, 0) is 43.5 Å². The molecule has 0 amide bonds. The summed E-state index contributed by atoms with van der Waals surface area (Å²) in [5, 5.41) is 6.92. The lowest BCUT2D eigenvalue weighted by molar-refractivity contribution is 0.431. The van der Waals surface area contributed by atoms with Crippen molar-refractivity contribution in [2.24, 2.45) is 4.99 Å². The summed E-state index contributed by atoms with van der Waals surface area (Å²) in [7, 11) is -1.83. The molecule has 3 rings (SSSR count). The van der Waals surface area contributed by atoms with Gasteiger partial charge < -0.3 is 10.6 Å². The SMILES string of the molecule is CCNC(=NCc1ccc(CS(=O)(=O)NC)cc1)NCC1(c2ccccc2)CCCC1.I. The molecule has 8 heteroatoms. The summed E-state index contributed by atoms with van der Waals surface area (Å²) in [6, 6.07) is 18.4. The second-order valence-electron chi connectivity index (χ2n) is 8.18. The smallest absolute Gasteiger partial charge is 0.215 e. The fraction of sp³-hybridized carbons (Fsp3) is 0.458. The van der Waals surface area contributed by atoms with Gasteiger partial charge in [0.2, 0.25) is 10.0 Å². The van der Waals surface area contributed by atoms with Gasteiger partial charge in [0.1, 0.15) is 0 Å². The molecular formula is C24H35IN4O2S. The molecule has 1 saturated carbocycles. The third-order valence-electron chi connectivity index (χ3n) is 6.00. The first-order valence-corrected chi connectivity index (χ1v) is 12.7. The van der Waals surface area contributed by atoms with Crippen LogP contribution in [0.15, 0.2) is 59.6 Å². The molecule has 0 bridgehead atoms. The Morgan fingerprint density at radius 1 is 0.969 bits per heavy atom. The van der Waals surface area contributed by atoms with Crippen LogP contribution in [-0.2, 0) is 27.7 Å². The summed E-state index contributed by atoms with van der Waals surface area (Å²) in [6.07, 6.45) is 4.92. The second-order valence-corrected chi connectivity index (χ2v) is 10.1. The zero-order chi connectivity index (χ0) is 22.2. The highest BCUT2D eigenvalue weighted by Gasteiger charge is 2.35. The summed E-state index contributed by atoms with van der Waals surface area (Å²) < 4.78 is 25.7. The first-order chi connectivity index (χ1) is 15.0. The average molecular weight is 571 g/mol. The van der Waals surface area contributed by atoms with Crippen LogP contribution in [-0.4, -0.2) is 34.5 Å². The number of halogens is 1. The average Bonchev–Trinajstić information content (AvgIpc) is 3.27. The molecule has 1 fully saturated rings. The van der Waals surface area contributed by atoms with E-state index >= 15 is 0 Å². The van der Waals surface area contributed by atoms with E-state index < -0.39 is 10.0 Å². The van der Waals surface area contributed by atoms with Gasteiger partial charge >= 0.3 is 0 Å². The highest BCUT2D eigenvalue weighted by Crippen LogP contribution is 2.40. The number of hydrogen-bond donors (Lipinski definition) is 3. The number of nitrogens with one attached hydrogen (secondary N) is 3. The van der Waals surface area contributed by atoms with Gasteiger partial charge in [-0.3, -0.25) is 0 Å². The molecule has 1 aliphatic carbocycles. The Kier molecular flexibility index (Phi) is 10.4. The van der Waals surface area contributed by atoms with Crippen molar-refractivity contribution in [3.63, 3.8) is 0 Å². The molecule has 0 spiro atoms. The van der Waals surface area contributed by atoms with E-state index in [2.05, 4.69) is 52.6 Å². The summed E-state index contributed by atoms with van der Waals surface area (Å²) in [4.78, 5) is 4.75. The number of hydrogen-bond acceptors (Lipinski definition) is 3. The van der Waals surface area contributed by atoms with E-state index in [1.807, 2.05) is 24.3 Å². The fourth-order valence-corrected chi connectivity index (χ4v) is 4.98. The van der Waals surface area contributed by atoms with Gasteiger partial charge in [0.25, 0.3) is 0 Å². The number of rotatable bonds is 9. The Labute approximate surface area is 209 Å².